The molecule has 1 rings (SSSR count). The Hall–Kier alpha value is -2.12. The standard InChI is InChI=1S/C14H20ClN5O2/c1-17-7-8-19(2)14(22)18-13(16)20(10-21)9-11-3-5-12(15)6-4-11/h3-6,10,17H,7-9H2,1-2H3,(H2,16,18,22). The van der Waals surface area contributed by atoms with Gasteiger partial charge in [-0.1, -0.05) is 23.7 Å². The van der Waals surface area contributed by atoms with Gasteiger partial charge in [-0.25, -0.2) is 4.79 Å². The molecule has 120 valence electrons. The van der Waals surface area contributed by atoms with Gasteiger partial charge in [0.2, 0.25) is 12.4 Å². The molecule has 0 aliphatic heterocycles. The maximum absolute atomic E-state index is 11.8. The highest BCUT2D eigenvalue weighted by molar-refractivity contribution is 6.30. The highest BCUT2D eigenvalue weighted by Gasteiger charge is 2.12. The van der Waals surface area contributed by atoms with Gasteiger partial charge in [0.05, 0.1) is 6.54 Å². The summed E-state index contributed by atoms with van der Waals surface area (Å²) in [6, 6.07) is 6.46. The second kappa shape index (κ2) is 9.01. The van der Waals surface area contributed by atoms with Crippen LogP contribution in [0, 0.1) is 0 Å². The van der Waals surface area contributed by atoms with E-state index >= 15 is 0 Å². The summed E-state index contributed by atoms with van der Waals surface area (Å²) in [6.07, 6.45) is 0.536. The second-order valence-electron chi connectivity index (χ2n) is 4.64. The first kappa shape index (κ1) is 17.9. The van der Waals surface area contributed by atoms with Crippen molar-refractivity contribution in [1.82, 2.24) is 15.1 Å². The molecule has 0 atom stereocenters. The van der Waals surface area contributed by atoms with Crippen LogP contribution in [0.15, 0.2) is 29.3 Å². The summed E-state index contributed by atoms with van der Waals surface area (Å²) in [7, 11) is 3.40. The van der Waals surface area contributed by atoms with Crippen LogP contribution in [0.1, 0.15) is 5.56 Å². The summed E-state index contributed by atoms with van der Waals surface area (Å²) in [6.45, 7) is 1.34. The topological polar surface area (TPSA) is 91.0 Å². The lowest BCUT2D eigenvalue weighted by atomic mass is 10.2. The molecule has 22 heavy (non-hydrogen) atoms. The van der Waals surface area contributed by atoms with Gasteiger partial charge >= 0.3 is 6.03 Å². The third kappa shape index (κ3) is 5.71. The Morgan fingerprint density at radius 2 is 2.05 bits per heavy atom. The Morgan fingerprint density at radius 3 is 2.59 bits per heavy atom. The molecule has 0 aliphatic carbocycles. The SMILES string of the molecule is CNCCN(C)C(=O)/N=C(/N)N(C=O)Cc1ccc(Cl)cc1. The van der Waals surface area contributed by atoms with E-state index in [4.69, 9.17) is 17.3 Å². The highest BCUT2D eigenvalue weighted by atomic mass is 35.5. The number of rotatable bonds is 6. The lowest BCUT2D eigenvalue weighted by Crippen LogP contribution is -2.38. The fraction of sp³-hybridized carbons (Fsp3) is 0.357. The molecule has 0 aromatic heterocycles. The zero-order valence-electron chi connectivity index (χ0n) is 12.6. The van der Waals surface area contributed by atoms with E-state index in [1.54, 1.807) is 38.4 Å². The summed E-state index contributed by atoms with van der Waals surface area (Å²) < 4.78 is 0. The van der Waals surface area contributed by atoms with Gasteiger partial charge in [0.1, 0.15) is 0 Å². The lowest BCUT2D eigenvalue weighted by Gasteiger charge is -2.18. The van der Waals surface area contributed by atoms with Crippen LogP contribution >= 0.6 is 11.6 Å². The molecule has 1 aromatic rings. The minimum absolute atomic E-state index is 0.147. The number of hydrogen-bond donors (Lipinski definition) is 2. The molecular formula is C14H20ClN5O2. The molecule has 0 aliphatic rings. The summed E-state index contributed by atoms with van der Waals surface area (Å²) in [5, 5.41) is 3.53. The first-order valence-electron chi connectivity index (χ1n) is 6.68. The number of guanidine groups is 1. The molecule has 0 bridgehead atoms. The minimum Gasteiger partial charge on any atom is -0.369 e. The lowest BCUT2D eigenvalue weighted by molar-refractivity contribution is -0.115. The highest BCUT2D eigenvalue weighted by Crippen LogP contribution is 2.11. The van der Waals surface area contributed by atoms with Crippen molar-refractivity contribution in [2.24, 2.45) is 10.7 Å². The minimum atomic E-state index is -0.504. The van der Waals surface area contributed by atoms with Crippen LogP contribution in [0.4, 0.5) is 4.79 Å². The van der Waals surface area contributed by atoms with Crippen LogP contribution in [0.25, 0.3) is 0 Å². The number of benzene rings is 1. The van der Waals surface area contributed by atoms with Crippen molar-refractivity contribution in [1.29, 1.82) is 0 Å². The largest absolute Gasteiger partial charge is 0.369 e. The predicted molar refractivity (Wildman–Crippen MR) is 86.6 cm³/mol. The normalized spacial score (nSPS) is 11.1. The number of carbonyl (C=O) groups excluding carboxylic acids is 2. The van der Waals surface area contributed by atoms with Crippen molar-refractivity contribution < 1.29 is 9.59 Å². The van der Waals surface area contributed by atoms with Crippen LogP contribution in [0.5, 0.6) is 0 Å². The van der Waals surface area contributed by atoms with Crippen LogP contribution in [0.3, 0.4) is 0 Å². The van der Waals surface area contributed by atoms with Crippen LogP contribution in [-0.2, 0) is 11.3 Å². The third-order valence-corrected chi connectivity index (χ3v) is 3.17. The van der Waals surface area contributed by atoms with E-state index in [9.17, 15) is 9.59 Å². The van der Waals surface area contributed by atoms with Crippen LogP contribution in [0.2, 0.25) is 5.02 Å². The van der Waals surface area contributed by atoms with Gasteiger partial charge in [0, 0.05) is 25.2 Å². The maximum Gasteiger partial charge on any atom is 0.346 e. The average molecular weight is 326 g/mol. The average Bonchev–Trinajstić information content (AvgIpc) is 2.51. The number of urea groups is 1. The van der Waals surface area contributed by atoms with Crippen molar-refractivity contribution in [2.75, 3.05) is 27.2 Å². The Morgan fingerprint density at radius 1 is 1.41 bits per heavy atom. The molecule has 0 heterocycles. The van der Waals surface area contributed by atoms with Gasteiger partial charge in [-0.2, -0.15) is 4.99 Å². The number of amides is 3. The second-order valence-corrected chi connectivity index (χ2v) is 5.07. The Bertz CT molecular complexity index is 533. The number of carbonyl (C=O) groups is 2. The van der Waals surface area contributed by atoms with E-state index in [-0.39, 0.29) is 12.5 Å². The Balaban J connectivity index is 2.72. The third-order valence-electron chi connectivity index (χ3n) is 2.92. The fourth-order valence-electron chi connectivity index (χ4n) is 1.58. The van der Waals surface area contributed by atoms with E-state index in [1.165, 1.54) is 4.90 Å². The predicted octanol–water partition coefficient (Wildman–Crippen LogP) is 0.884. The number of nitrogens with two attached hydrogens (primary N) is 1. The summed E-state index contributed by atoms with van der Waals surface area (Å²) in [4.78, 5) is 29.3. The molecule has 0 fully saturated rings. The van der Waals surface area contributed by atoms with Gasteiger partial charge in [-0.15, -0.1) is 0 Å². The summed E-state index contributed by atoms with van der Waals surface area (Å²) in [5.41, 5.74) is 6.55. The molecule has 0 spiro atoms. The number of nitrogens with one attached hydrogen (secondary N) is 1. The van der Waals surface area contributed by atoms with Crippen molar-refractivity contribution in [2.45, 2.75) is 6.54 Å². The number of likely N-dealkylation sites (N-methyl/N-ethyl adjacent to an activating group) is 2. The van der Waals surface area contributed by atoms with E-state index < -0.39 is 6.03 Å². The molecule has 0 unspecified atom stereocenters. The van der Waals surface area contributed by atoms with Crippen LogP contribution in [-0.4, -0.2) is 55.4 Å². The maximum atomic E-state index is 11.8. The number of aliphatic imine (C=N–C) groups is 1. The van der Waals surface area contributed by atoms with E-state index in [1.807, 2.05) is 0 Å². The molecule has 0 radical (unpaired) electrons. The molecule has 3 amide bonds. The van der Waals surface area contributed by atoms with Crippen molar-refractivity contribution in [3.8, 4) is 0 Å². The zero-order valence-corrected chi connectivity index (χ0v) is 13.4. The van der Waals surface area contributed by atoms with Crippen molar-refractivity contribution in [3.05, 3.63) is 34.9 Å². The molecule has 0 saturated carbocycles. The number of halogens is 1. The first-order valence-corrected chi connectivity index (χ1v) is 7.06. The summed E-state index contributed by atoms with van der Waals surface area (Å²) >= 11 is 5.80. The summed E-state index contributed by atoms with van der Waals surface area (Å²) in [5.74, 6) is -0.147. The quantitative estimate of drug-likeness (QED) is 0.461. The van der Waals surface area contributed by atoms with Gasteiger partial charge < -0.3 is 16.0 Å². The van der Waals surface area contributed by atoms with Crippen molar-refractivity contribution in [3.63, 3.8) is 0 Å². The van der Waals surface area contributed by atoms with E-state index in [0.717, 1.165) is 10.5 Å². The number of hydrogen-bond acceptors (Lipinski definition) is 3. The Labute approximate surface area is 134 Å². The molecule has 3 N–H and O–H groups in total. The molecular weight excluding hydrogens is 306 g/mol. The van der Waals surface area contributed by atoms with E-state index in [2.05, 4.69) is 10.3 Å². The van der Waals surface area contributed by atoms with Gasteiger partial charge in [-0.3, -0.25) is 9.69 Å². The van der Waals surface area contributed by atoms with Crippen LogP contribution < -0.4 is 11.1 Å². The first-order chi connectivity index (χ1) is 10.5. The fourth-order valence-corrected chi connectivity index (χ4v) is 1.71. The van der Waals surface area contributed by atoms with Crippen molar-refractivity contribution >= 4 is 30.0 Å². The van der Waals surface area contributed by atoms with Gasteiger partial charge in [-0.05, 0) is 24.7 Å². The van der Waals surface area contributed by atoms with E-state index in [0.29, 0.717) is 24.5 Å². The number of nitrogens with zero attached hydrogens (tertiary/aromatic N) is 3. The monoisotopic (exact) mass is 325 g/mol. The molecule has 1 aromatic carbocycles. The Kier molecular flexibility index (Phi) is 7.34. The van der Waals surface area contributed by atoms with Gasteiger partial charge in [0.15, 0.2) is 0 Å². The molecule has 7 nitrogen and oxygen atoms in total. The smallest absolute Gasteiger partial charge is 0.346 e. The molecule has 0 saturated heterocycles. The molecule has 8 heteroatoms. The zero-order chi connectivity index (χ0) is 16.5. The van der Waals surface area contributed by atoms with Gasteiger partial charge in [0.25, 0.3) is 0 Å².